The number of thioether (sulfide) groups is 1. The Morgan fingerprint density at radius 3 is 3.25 bits per heavy atom. The van der Waals surface area contributed by atoms with E-state index in [1.165, 1.54) is 17.2 Å². The van der Waals surface area contributed by atoms with Crippen molar-refractivity contribution in [1.82, 2.24) is 5.32 Å². The molecule has 1 rings (SSSR count). The first kappa shape index (κ1) is 6.02. The molecule has 0 aromatic heterocycles. The van der Waals surface area contributed by atoms with Gasteiger partial charge in [-0.05, 0) is 12.2 Å². The van der Waals surface area contributed by atoms with Gasteiger partial charge in [0.05, 0.1) is 0 Å². The summed E-state index contributed by atoms with van der Waals surface area (Å²) in [7, 11) is 0. The van der Waals surface area contributed by atoms with E-state index in [2.05, 4.69) is 11.9 Å². The molecule has 1 fully saturated rings. The molecule has 0 aromatic carbocycles. The van der Waals surface area contributed by atoms with Gasteiger partial charge in [-0.15, -0.1) is 0 Å². The number of hydrogen-bond donors (Lipinski definition) is 1. The molecule has 1 aliphatic heterocycles. The molecule has 0 bridgehead atoms. The standard InChI is InChI=1S/C6H11NS/c1-6-2-4-8-5-3-7-6/h7H,1-5H2. The minimum absolute atomic E-state index is 1.10. The van der Waals surface area contributed by atoms with E-state index in [-0.39, 0.29) is 0 Å². The largest absolute Gasteiger partial charge is 0.388 e. The first-order valence-electron chi connectivity index (χ1n) is 2.89. The van der Waals surface area contributed by atoms with Crippen LogP contribution in [0.3, 0.4) is 0 Å². The summed E-state index contributed by atoms with van der Waals surface area (Å²) in [5.41, 5.74) is 1.20. The van der Waals surface area contributed by atoms with Gasteiger partial charge >= 0.3 is 0 Å². The molecule has 2 heteroatoms. The Labute approximate surface area is 54.5 Å². The second-order valence-corrected chi connectivity index (χ2v) is 3.12. The van der Waals surface area contributed by atoms with Crippen molar-refractivity contribution >= 4 is 11.8 Å². The van der Waals surface area contributed by atoms with Crippen molar-refractivity contribution in [1.29, 1.82) is 0 Å². The highest BCUT2D eigenvalue weighted by Gasteiger charge is 1.98. The van der Waals surface area contributed by atoms with Crippen molar-refractivity contribution < 1.29 is 0 Å². The first-order chi connectivity index (χ1) is 3.89. The Kier molecular flexibility index (Phi) is 2.27. The van der Waals surface area contributed by atoms with Gasteiger partial charge in [-0.2, -0.15) is 11.8 Å². The lowest BCUT2D eigenvalue weighted by molar-refractivity contribution is 0.837. The molecular weight excluding hydrogens is 118 g/mol. The topological polar surface area (TPSA) is 12.0 Å². The Morgan fingerprint density at radius 1 is 1.50 bits per heavy atom. The Balaban J connectivity index is 2.27. The van der Waals surface area contributed by atoms with E-state index in [0.717, 1.165) is 13.0 Å². The maximum Gasteiger partial charge on any atom is 0.0234 e. The summed E-state index contributed by atoms with van der Waals surface area (Å²) in [5.74, 6) is 2.48. The quantitative estimate of drug-likeness (QED) is 0.528. The number of rotatable bonds is 0. The van der Waals surface area contributed by atoms with Gasteiger partial charge in [0.15, 0.2) is 0 Å². The van der Waals surface area contributed by atoms with E-state index in [0.29, 0.717) is 0 Å². The summed E-state index contributed by atoms with van der Waals surface area (Å²) >= 11 is 2.00. The smallest absolute Gasteiger partial charge is 0.0234 e. The van der Waals surface area contributed by atoms with Gasteiger partial charge in [0, 0.05) is 18.0 Å². The van der Waals surface area contributed by atoms with Crippen LogP contribution in [-0.2, 0) is 0 Å². The summed E-state index contributed by atoms with van der Waals surface area (Å²) in [6, 6.07) is 0. The molecule has 1 saturated heterocycles. The fourth-order valence-corrected chi connectivity index (χ4v) is 1.53. The van der Waals surface area contributed by atoms with Crippen molar-refractivity contribution in [2.24, 2.45) is 0 Å². The van der Waals surface area contributed by atoms with Gasteiger partial charge < -0.3 is 5.32 Å². The van der Waals surface area contributed by atoms with Crippen LogP contribution in [0.4, 0.5) is 0 Å². The average Bonchev–Trinajstić information content (AvgIpc) is 1.94. The van der Waals surface area contributed by atoms with Crippen LogP contribution < -0.4 is 5.32 Å². The molecule has 1 nitrogen and oxygen atoms in total. The maximum atomic E-state index is 3.85. The molecule has 0 spiro atoms. The monoisotopic (exact) mass is 129 g/mol. The lowest BCUT2D eigenvalue weighted by atomic mass is 10.4. The normalized spacial score (nSPS) is 21.8. The molecule has 1 heterocycles. The van der Waals surface area contributed by atoms with E-state index in [1.54, 1.807) is 0 Å². The van der Waals surface area contributed by atoms with Crippen molar-refractivity contribution in [3.05, 3.63) is 12.3 Å². The minimum atomic E-state index is 1.10. The number of nitrogens with one attached hydrogen (secondary N) is 1. The van der Waals surface area contributed by atoms with Crippen LogP contribution in [0.25, 0.3) is 0 Å². The lowest BCUT2D eigenvalue weighted by Crippen LogP contribution is -2.12. The Morgan fingerprint density at radius 2 is 2.38 bits per heavy atom. The molecule has 46 valence electrons. The predicted octanol–water partition coefficient (Wildman–Crippen LogP) is 1.23. The van der Waals surface area contributed by atoms with Gasteiger partial charge in [-0.1, -0.05) is 6.58 Å². The van der Waals surface area contributed by atoms with Gasteiger partial charge in [0.25, 0.3) is 0 Å². The lowest BCUT2D eigenvalue weighted by Gasteiger charge is -1.99. The third-order valence-electron chi connectivity index (χ3n) is 1.17. The highest BCUT2D eigenvalue weighted by atomic mass is 32.2. The van der Waals surface area contributed by atoms with Gasteiger partial charge in [0.2, 0.25) is 0 Å². The van der Waals surface area contributed by atoms with Crippen molar-refractivity contribution in [2.45, 2.75) is 6.42 Å². The van der Waals surface area contributed by atoms with E-state index >= 15 is 0 Å². The van der Waals surface area contributed by atoms with Crippen LogP contribution in [0.1, 0.15) is 6.42 Å². The average molecular weight is 129 g/mol. The molecular formula is C6H11NS. The maximum absolute atomic E-state index is 3.85. The Hall–Kier alpha value is -0.110. The molecule has 0 atom stereocenters. The molecule has 0 saturated carbocycles. The molecule has 1 aliphatic rings. The molecule has 8 heavy (non-hydrogen) atoms. The zero-order valence-corrected chi connectivity index (χ0v) is 5.76. The molecule has 1 N–H and O–H groups in total. The molecule has 0 aromatic rings. The predicted molar refractivity (Wildman–Crippen MR) is 39.1 cm³/mol. The van der Waals surface area contributed by atoms with Crippen LogP contribution in [0.2, 0.25) is 0 Å². The minimum Gasteiger partial charge on any atom is -0.388 e. The summed E-state index contributed by atoms with van der Waals surface area (Å²) in [6.45, 7) is 4.95. The third-order valence-corrected chi connectivity index (χ3v) is 2.16. The van der Waals surface area contributed by atoms with Crippen molar-refractivity contribution in [3.63, 3.8) is 0 Å². The zero-order valence-electron chi connectivity index (χ0n) is 4.94. The van der Waals surface area contributed by atoms with Crippen LogP contribution in [0, 0.1) is 0 Å². The van der Waals surface area contributed by atoms with Crippen LogP contribution in [0.15, 0.2) is 12.3 Å². The van der Waals surface area contributed by atoms with Crippen molar-refractivity contribution in [2.75, 3.05) is 18.1 Å². The molecule has 0 amide bonds. The van der Waals surface area contributed by atoms with Gasteiger partial charge in [-0.25, -0.2) is 0 Å². The zero-order chi connectivity index (χ0) is 5.82. The molecule has 0 aliphatic carbocycles. The number of hydrogen-bond acceptors (Lipinski definition) is 2. The Bertz CT molecular complexity index is 80.5. The third kappa shape index (κ3) is 1.78. The SMILES string of the molecule is C=C1CCSCCN1. The van der Waals surface area contributed by atoms with Crippen LogP contribution in [-0.4, -0.2) is 18.1 Å². The van der Waals surface area contributed by atoms with Crippen LogP contribution >= 0.6 is 11.8 Å². The fraction of sp³-hybridized carbons (Fsp3) is 0.667. The summed E-state index contributed by atoms with van der Waals surface area (Å²) in [4.78, 5) is 0. The highest BCUT2D eigenvalue weighted by molar-refractivity contribution is 7.99. The first-order valence-corrected chi connectivity index (χ1v) is 4.04. The summed E-state index contributed by atoms with van der Waals surface area (Å²) < 4.78 is 0. The summed E-state index contributed by atoms with van der Waals surface area (Å²) in [6.07, 6.45) is 1.14. The van der Waals surface area contributed by atoms with E-state index in [9.17, 15) is 0 Å². The van der Waals surface area contributed by atoms with Gasteiger partial charge in [0.1, 0.15) is 0 Å². The number of allylic oxidation sites excluding steroid dienone is 1. The van der Waals surface area contributed by atoms with E-state index in [1.807, 2.05) is 11.8 Å². The van der Waals surface area contributed by atoms with E-state index < -0.39 is 0 Å². The summed E-state index contributed by atoms with van der Waals surface area (Å²) in [5, 5.41) is 3.23. The molecule has 0 unspecified atom stereocenters. The second-order valence-electron chi connectivity index (χ2n) is 1.89. The van der Waals surface area contributed by atoms with Gasteiger partial charge in [-0.3, -0.25) is 0 Å². The second kappa shape index (κ2) is 3.02. The van der Waals surface area contributed by atoms with Crippen LogP contribution in [0.5, 0.6) is 0 Å². The molecule has 0 radical (unpaired) electrons. The van der Waals surface area contributed by atoms with E-state index in [4.69, 9.17) is 0 Å². The van der Waals surface area contributed by atoms with Crippen molar-refractivity contribution in [3.8, 4) is 0 Å². The highest BCUT2D eigenvalue weighted by Crippen LogP contribution is 2.08. The fourth-order valence-electron chi connectivity index (χ4n) is 0.686.